The molecule has 0 spiro atoms. The van der Waals surface area contributed by atoms with Gasteiger partial charge in [0.15, 0.2) is 5.16 Å². The van der Waals surface area contributed by atoms with Crippen molar-refractivity contribution in [1.29, 1.82) is 0 Å². The van der Waals surface area contributed by atoms with Crippen LogP contribution in [0, 0.1) is 0 Å². The van der Waals surface area contributed by atoms with Crippen LogP contribution in [0.25, 0.3) is 5.69 Å². The third-order valence-corrected chi connectivity index (χ3v) is 4.52. The van der Waals surface area contributed by atoms with E-state index in [9.17, 15) is 4.79 Å². The van der Waals surface area contributed by atoms with E-state index in [1.807, 2.05) is 17.7 Å². The molecular formula is C18H25N3O2S. The fraction of sp³-hybridized carbons (Fsp3) is 0.444. The van der Waals surface area contributed by atoms with Gasteiger partial charge in [-0.2, -0.15) is 0 Å². The van der Waals surface area contributed by atoms with Gasteiger partial charge >= 0.3 is 0 Å². The Labute approximate surface area is 147 Å². The van der Waals surface area contributed by atoms with E-state index in [1.54, 1.807) is 6.20 Å². The van der Waals surface area contributed by atoms with E-state index >= 15 is 0 Å². The number of hydrogen-bond acceptors (Lipinski definition) is 4. The van der Waals surface area contributed by atoms with Crippen LogP contribution in [0.1, 0.15) is 32.3 Å². The molecule has 0 saturated carbocycles. The van der Waals surface area contributed by atoms with E-state index in [0.29, 0.717) is 31.4 Å². The van der Waals surface area contributed by atoms with Crippen LogP contribution >= 0.6 is 11.8 Å². The molecule has 0 unspecified atom stereocenters. The number of ether oxygens (including phenoxy) is 1. The molecule has 0 fully saturated rings. The first-order valence-corrected chi connectivity index (χ1v) is 9.21. The van der Waals surface area contributed by atoms with Gasteiger partial charge in [0, 0.05) is 31.2 Å². The van der Waals surface area contributed by atoms with Gasteiger partial charge in [0.2, 0.25) is 5.91 Å². The average molecular weight is 347 g/mol. The maximum atomic E-state index is 11.8. The Morgan fingerprint density at radius 3 is 2.75 bits per heavy atom. The predicted octanol–water partition coefficient (Wildman–Crippen LogP) is 3.24. The molecule has 0 saturated heterocycles. The number of rotatable bonds is 9. The van der Waals surface area contributed by atoms with Crippen LogP contribution in [-0.4, -0.2) is 41.0 Å². The fourth-order valence-corrected chi connectivity index (χ4v) is 3.00. The normalized spacial score (nSPS) is 11.0. The molecule has 5 nitrogen and oxygen atoms in total. The third-order valence-electron chi connectivity index (χ3n) is 3.55. The first kappa shape index (κ1) is 18.5. The van der Waals surface area contributed by atoms with Crippen LogP contribution in [0.4, 0.5) is 0 Å². The van der Waals surface area contributed by atoms with Crippen molar-refractivity contribution in [2.45, 2.75) is 31.8 Å². The van der Waals surface area contributed by atoms with Gasteiger partial charge in [-0.25, -0.2) is 4.98 Å². The lowest BCUT2D eigenvalue weighted by atomic mass is 10.0. The second-order valence-electron chi connectivity index (χ2n) is 5.66. The highest BCUT2D eigenvalue weighted by atomic mass is 32.2. The van der Waals surface area contributed by atoms with Crippen molar-refractivity contribution < 1.29 is 9.53 Å². The fourth-order valence-electron chi connectivity index (χ4n) is 2.20. The zero-order valence-corrected chi connectivity index (χ0v) is 15.3. The summed E-state index contributed by atoms with van der Waals surface area (Å²) in [5.41, 5.74) is 2.36. The summed E-state index contributed by atoms with van der Waals surface area (Å²) in [7, 11) is 0. The Balaban J connectivity index is 1.91. The highest BCUT2D eigenvalue weighted by molar-refractivity contribution is 7.99. The minimum absolute atomic E-state index is 0.00981. The van der Waals surface area contributed by atoms with Gasteiger partial charge < -0.3 is 10.1 Å². The Morgan fingerprint density at radius 1 is 1.33 bits per heavy atom. The lowest BCUT2D eigenvalue weighted by Gasteiger charge is -2.10. The molecule has 2 aromatic rings. The van der Waals surface area contributed by atoms with Crippen LogP contribution in [0.2, 0.25) is 0 Å². The van der Waals surface area contributed by atoms with Gasteiger partial charge in [-0.05, 0) is 30.5 Å². The van der Waals surface area contributed by atoms with Crippen LogP contribution in [0.5, 0.6) is 0 Å². The maximum Gasteiger partial charge on any atom is 0.230 e. The van der Waals surface area contributed by atoms with Gasteiger partial charge in [0.25, 0.3) is 0 Å². The molecule has 0 aliphatic rings. The topological polar surface area (TPSA) is 56.1 Å². The lowest BCUT2D eigenvalue weighted by molar-refractivity contribution is -0.118. The van der Waals surface area contributed by atoms with Crippen LogP contribution in [0.3, 0.4) is 0 Å². The maximum absolute atomic E-state index is 11.8. The van der Waals surface area contributed by atoms with E-state index in [-0.39, 0.29) is 5.91 Å². The van der Waals surface area contributed by atoms with Gasteiger partial charge in [-0.15, -0.1) is 0 Å². The number of nitrogens with one attached hydrogen (secondary N) is 1. The lowest BCUT2D eigenvalue weighted by Crippen LogP contribution is -2.28. The molecule has 0 aliphatic heterocycles. The second-order valence-corrected chi connectivity index (χ2v) is 6.60. The minimum Gasteiger partial charge on any atom is -0.380 e. The van der Waals surface area contributed by atoms with Gasteiger partial charge in [-0.1, -0.05) is 37.7 Å². The smallest absolute Gasteiger partial charge is 0.230 e. The Bertz CT molecular complexity index is 638. The van der Waals surface area contributed by atoms with Crippen molar-refractivity contribution in [2.24, 2.45) is 0 Å². The van der Waals surface area contributed by atoms with Gasteiger partial charge in [-0.3, -0.25) is 9.36 Å². The summed E-state index contributed by atoms with van der Waals surface area (Å²) in [6.45, 7) is 8.04. The molecule has 1 N–H and O–H groups in total. The number of imidazole rings is 1. The van der Waals surface area contributed by atoms with Crippen molar-refractivity contribution in [3.8, 4) is 5.69 Å². The molecule has 1 aromatic heterocycles. The summed E-state index contributed by atoms with van der Waals surface area (Å²) in [6, 6.07) is 8.44. The van der Waals surface area contributed by atoms with Crippen molar-refractivity contribution in [1.82, 2.24) is 14.9 Å². The molecule has 2 rings (SSSR count). The number of carbonyl (C=O) groups is 1. The molecule has 0 bridgehead atoms. The van der Waals surface area contributed by atoms with Crippen LogP contribution in [-0.2, 0) is 9.53 Å². The van der Waals surface area contributed by atoms with E-state index in [2.05, 4.69) is 48.4 Å². The predicted molar refractivity (Wildman–Crippen MR) is 97.9 cm³/mol. The highest BCUT2D eigenvalue weighted by Crippen LogP contribution is 2.22. The summed E-state index contributed by atoms with van der Waals surface area (Å²) < 4.78 is 7.20. The van der Waals surface area contributed by atoms with Gasteiger partial charge in [0.1, 0.15) is 0 Å². The number of aromatic nitrogens is 2. The molecule has 1 heterocycles. The summed E-state index contributed by atoms with van der Waals surface area (Å²) >= 11 is 1.43. The monoisotopic (exact) mass is 347 g/mol. The highest BCUT2D eigenvalue weighted by Gasteiger charge is 2.09. The second kappa shape index (κ2) is 9.49. The molecule has 0 atom stereocenters. The first-order chi connectivity index (χ1) is 11.6. The van der Waals surface area contributed by atoms with Crippen molar-refractivity contribution >= 4 is 17.7 Å². The van der Waals surface area contributed by atoms with E-state index in [0.717, 1.165) is 10.8 Å². The zero-order valence-electron chi connectivity index (χ0n) is 14.5. The SMILES string of the molecule is CCOCCNC(=O)CSc1nccn1-c1ccc(C(C)C)cc1. The third kappa shape index (κ3) is 5.39. The molecule has 6 heteroatoms. The number of amides is 1. The Morgan fingerprint density at radius 2 is 2.08 bits per heavy atom. The van der Waals surface area contributed by atoms with Crippen molar-refractivity contribution in [3.05, 3.63) is 42.2 Å². The minimum atomic E-state index is -0.00981. The Hall–Kier alpha value is -1.79. The number of benzene rings is 1. The van der Waals surface area contributed by atoms with Crippen LogP contribution in [0.15, 0.2) is 41.8 Å². The summed E-state index contributed by atoms with van der Waals surface area (Å²) in [6.07, 6.45) is 3.67. The summed E-state index contributed by atoms with van der Waals surface area (Å²) in [4.78, 5) is 16.2. The number of hydrogen-bond donors (Lipinski definition) is 1. The Kier molecular flexibility index (Phi) is 7.34. The zero-order chi connectivity index (χ0) is 17.4. The molecule has 24 heavy (non-hydrogen) atoms. The van der Waals surface area contributed by atoms with Gasteiger partial charge in [0.05, 0.1) is 12.4 Å². The quantitative estimate of drug-likeness (QED) is 0.559. The average Bonchev–Trinajstić information content (AvgIpc) is 3.05. The first-order valence-electron chi connectivity index (χ1n) is 8.22. The standard InChI is InChI=1S/C18H25N3O2S/c1-4-23-12-10-19-17(22)13-24-18-20-9-11-21(18)16-7-5-15(6-8-16)14(2)3/h5-9,11,14H,4,10,12-13H2,1-3H3,(H,19,22). The van der Waals surface area contributed by atoms with Crippen molar-refractivity contribution in [2.75, 3.05) is 25.5 Å². The number of carbonyl (C=O) groups excluding carboxylic acids is 1. The van der Waals surface area contributed by atoms with E-state index in [1.165, 1.54) is 17.3 Å². The van der Waals surface area contributed by atoms with Crippen molar-refractivity contribution in [3.63, 3.8) is 0 Å². The number of thioether (sulfide) groups is 1. The van der Waals surface area contributed by atoms with Crippen LogP contribution < -0.4 is 5.32 Å². The van der Waals surface area contributed by atoms with E-state index in [4.69, 9.17) is 4.74 Å². The van der Waals surface area contributed by atoms with E-state index < -0.39 is 0 Å². The summed E-state index contributed by atoms with van der Waals surface area (Å²) in [5.74, 6) is 0.841. The molecular weight excluding hydrogens is 322 g/mol. The molecule has 0 radical (unpaired) electrons. The summed E-state index contributed by atoms with van der Waals surface area (Å²) in [5, 5.41) is 3.65. The molecule has 130 valence electrons. The molecule has 0 aliphatic carbocycles. The molecule has 1 amide bonds. The largest absolute Gasteiger partial charge is 0.380 e. The number of nitrogens with zero attached hydrogens (tertiary/aromatic N) is 2. The molecule has 1 aromatic carbocycles.